The van der Waals surface area contributed by atoms with Gasteiger partial charge in [-0.25, -0.2) is 0 Å². The summed E-state index contributed by atoms with van der Waals surface area (Å²) in [5, 5.41) is 11.3. The molecule has 0 aliphatic carbocycles. The Hall–Kier alpha value is -2.17. The highest BCUT2D eigenvalue weighted by Gasteiger charge is 2.30. The number of carbonyl (C=O) groups excluding carboxylic acids is 1. The molecule has 1 aromatic rings. The van der Waals surface area contributed by atoms with Crippen molar-refractivity contribution in [3.05, 3.63) is 30.3 Å². The smallest absolute Gasteiger partial charge is 0.301 e. The number of nitrogens with zero attached hydrogens (tertiary/aromatic N) is 4. The summed E-state index contributed by atoms with van der Waals surface area (Å²) >= 11 is 0. The van der Waals surface area contributed by atoms with Crippen molar-refractivity contribution >= 4 is 23.0 Å². The van der Waals surface area contributed by atoms with E-state index in [1.54, 1.807) is 26.0 Å². The Morgan fingerprint density at radius 1 is 1.24 bits per heavy atom. The second-order valence-corrected chi connectivity index (χ2v) is 3.93. The molecule has 2 rings (SSSR count). The zero-order chi connectivity index (χ0) is 12.4. The van der Waals surface area contributed by atoms with Crippen LogP contribution in [0.25, 0.3) is 0 Å². The molecule has 5 heteroatoms. The molecule has 0 fully saturated rings. The summed E-state index contributed by atoms with van der Waals surface area (Å²) in [6.07, 6.45) is 0. The molecule has 0 atom stereocenters. The molecule has 0 bridgehead atoms. The second-order valence-electron chi connectivity index (χ2n) is 3.93. The molecule has 0 saturated carbocycles. The third-order valence-corrected chi connectivity index (χ3v) is 2.29. The Bertz CT molecular complexity index is 490. The number of hydrazone groups is 2. The van der Waals surface area contributed by atoms with Crippen molar-refractivity contribution in [2.75, 3.05) is 19.1 Å². The van der Waals surface area contributed by atoms with Gasteiger partial charge < -0.3 is 5.01 Å². The Kier molecular flexibility index (Phi) is 2.91. The predicted octanol–water partition coefficient (Wildman–Crippen LogP) is 1.33. The van der Waals surface area contributed by atoms with Gasteiger partial charge in [0.1, 0.15) is 0 Å². The standard InChI is InChI=1S/C12H14N4O/c1-9-11(14-15(2)3)12(17)16(13-9)10-7-5-4-6-8-10/h4-8H,1-3H3. The monoisotopic (exact) mass is 230 g/mol. The number of para-hydroxylation sites is 1. The molecule has 1 heterocycles. The molecule has 17 heavy (non-hydrogen) atoms. The molecule has 0 spiro atoms. The van der Waals surface area contributed by atoms with Gasteiger partial charge in [0.05, 0.1) is 11.4 Å². The first-order valence-corrected chi connectivity index (χ1v) is 5.30. The molecular weight excluding hydrogens is 216 g/mol. The average molecular weight is 230 g/mol. The van der Waals surface area contributed by atoms with E-state index in [1.165, 1.54) is 5.01 Å². The molecule has 1 aliphatic rings. The van der Waals surface area contributed by atoms with Gasteiger partial charge >= 0.3 is 5.91 Å². The average Bonchev–Trinajstić information content (AvgIpc) is 2.58. The van der Waals surface area contributed by atoms with Crippen molar-refractivity contribution in [1.29, 1.82) is 0 Å². The fourth-order valence-corrected chi connectivity index (χ4v) is 1.56. The summed E-state index contributed by atoms with van der Waals surface area (Å²) in [7, 11) is 3.55. The van der Waals surface area contributed by atoms with E-state index in [2.05, 4.69) is 10.2 Å². The van der Waals surface area contributed by atoms with E-state index in [4.69, 9.17) is 0 Å². The first-order chi connectivity index (χ1) is 8.09. The highest BCUT2D eigenvalue weighted by atomic mass is 16.2. The number of rotatable bonds is 2. The summed E-state index contributed by atoms with van der Waals surface area (Å²) < 4.78 is 0. The largest absolute Gasteiger partial charge is 0.302 e. The quantitative estimate of drug-likeness (QED) is 0.719. The van der Waals surface area contributed by atoms with Gasteiger partial charge in [-0.05, 0) is 19.1 Å². The Balaban J connectivity index is 2.34. The molecule has 0 N–H and O–H groups in total. The molecule has 0 aromatic heterocycles. The summed E-state index contributed by atoms with van der Waals surface area (Å²) in [5.41, 5.74) is 1.77. The fourth-order valence-electron chi connectivity index (χ4n) is 1.56. The van der Waals surface area contributed by atoms with Crippen LogP contribution >= 0.6 is 0 Å². The third-order valence-electron chi connectivity index (χ3n) is 2.29. The molecule has 0 unspecified atom stereocenters. The molecule has 1 aliphatic heterocycles. The normalized spacial score (nSPS) is 17.6. The van der Waals surface area contributed by atoms with Crippen LogP contribution in [0.2, 0.25) is 0 Å². The van der Waals surface area contributed by atoms with Crippen molar-refractivity contribution in [3.63, 3.8) is 0 Å². The molecule has 88 valence electrons. The van der Waals surface area contributed by atoms with E-state index in [-0.39, 0.29) is 5.91 Å². The number of anilines is 1. The maximum absolute atomic E-state index is 12.1. The fraction of sp³-hybridized carbons (Fsp3) is 0.250. The van der Waals surface area contributed by atoms with Crippen LogP contribution in [0.1, 0.15) is 6.92 Å². The van der Waals surface area contributed by atoms with Crippen LogP contribution in [-0.4, -0.2) is 36.4 Å². The van der Waals surface area contributed by atoms with Gasteiger partial charge in [-0.1, -0.05) is 18.2 Å². The first kappa shape index (κ1) is 11.3. The lowest BCUT2D eigenvalue weighted by Gasteiger charge is -2.11. The topological polar surface area (TPSA) is 48.3 Å². The van der Waals surface area contributed by atoms with Gasteiger partial charge in [-0.15, -0.1) is 0 Å². The highest BCUT2D eigenvalue weighted by molar-refractivity contribution is 6.71. The lowest BCUT2D eigenvalue weighted by molar-refractivity contribution is -0.112. The molecule has 1 amide bonds. The van der Waals surface area contributed by atoms with Gasteiger partial charge in [0.15, 0.2) is 5.71 Å². The van der Waals surface area contributed by atoms with Crippen molar-refractivity contribution in [2.45, 2.75) is 6.92 Å². The van der Waals surface area contributed by atoms with Crippen LogP contribution in [0.15, 0.2) is 40.5 Å². The number of benzene rings is 1. The lowest BCUT2D eigenvalue weighted by atomic mass is 10.2. The number of hydrogen-bond acceptors (Lipinski definition) is 4. The van der Waals surface area contributed by atoms with E-state index in [1.807, 2.05) is 30.3 Å². The molecule has 5 nitrogen and oxygen atoms in total. The van der Waals surface area contributed by atoms with Crippen LogP contribution in [0.3, 0.4) is 0 Å². The van der Waals surface area contributed by atoms with Crippen LogP contribution in [-0.2, 0) is 4.79 Å². The number of carbonyl (C=O) groups is 1. The molecule has 0 saturated heterocycles. The summed E-state index contributed by atoms with van der Waals surface area (Å²) in [6, 6.07) is 9.32. The van der Waals surface area contributed by atoms with Crippen molar-refractivity contribution < 1.29 is 4.79 Å². The van der Waals surface area contributed by atoms with E-state index < -0.39 is 0 Å². The minimum atomic E-state index is -0.192. The maximum atomic E-state index is 12.1. The van der Waals surface area contributed by atoms with Gasteiger partial charge in [0, 0.05) is 14.1 Å². The van der Waals surface area contributed by atoms with Crippen molar-refractivity contribution in [3.8, 4) is 0 Å². The Morgan fingerprint density at radius 3 is 2.47 bits per heavy atom. The van der Waals surface area contributed by atoms with Gasteiger partial charge in [-0.3, -0.25) is 4.79 Å². The van der Waals surface area contributed by atoms with Crippen LogP contribution in [0.4, 0.5) is 5.69 Å². The SMILES string of the molecule is CC1=NN(c2ccccc2)C(=O)C1=NN(C)C. The van der Waals surface area contributed by atoms with Gasteiger partial charge in [0.25, 0.3) is 0 Å². The van der Waals surface area contributed by atoms with Gasteiger partial charge in [-0.2, -0.15) is 15.2 Å². The summed E-state index contributed by atoms with van der Waals surface area (Å²) in [5.74, 6) is -0.192. The first-order valence-electron chi connectivity index (χ1n) is 5.30. The zero-order valence-corrected chi connectivity index (χ0v) is 10.1. The van der Waals surface area contributed by atoms with Gasteiger partial charge in [0.2, 0.25) is 0 Å². The van der Waals surface area contributed by atoms with E-state index >= 15 is 0 Å². The number of hydrogen-bond donors (Lipinski definition) is 0. The van der Waals surface area contributed by atoms with Crippen molar-refractivity contribution in [1.82, 2.24) is 5.01 Å². The summed E-state index contributed by atoms with van der Waals surface area (Å²) in [6.45, 7) is 1.78. The van der Waals surface area contributed by atoms with Crippen LogP contribution in [0, 0.1) is 0 Å². The van der Waals surface area contributed by atoms with Crippen molar-refractivity contribution in [2.24, 2.45) is 10.2 Å². The third kappa shape index (κ3) is 2.18. The number of amides is 1. The maximum Gasteiger partial charge on any atom is 0.301 e. The van der Waals surface area contributed by atoms with Crippen LogP contribution in [0.5, 0.6) is 0 Å². The predicted molar refractivity (Wildman–Crippen MR) is 68.2 cm³/mol. The Labute approximate surface area is 100 Å². The highest BCUT2D eigenvalue weighted by Crippen LogP contribution is 2.18. The minimum Gasteiger partial charge on any atom is -0.302 e. The minimum absolute atomic E-state index is 0.192. The van der Waals surface area contributed by atoms with Crippen LogP contribution < -0.4 is 5.01 Å². The second kappa shape index (κ2) is 4.37. The van der Waals surface area contributed by atoms with E-state index in [0.717, 1.165) is 5.69 Å². The molecular formula is C12H14N4O. The van der Waals surface area contributed by atoms with E-state index in [0.29, 0.717) is 11.4 Å². The lowest BCUT2D eigenvalue weighted by Crippen LogP contribution is -2.28. The zero-order valence-electron chi connectivity index (χ0n) is 10.1. The van der Waals surface area contributed by atoms with E-state index in [9.17, 15) is 4.79 Å². The summed E-state index contributed by atoms with van der Waals surface area (Å²) in [4.78, 5) is 12.1. The molecule has 0 radical (unpaired) electrons. The molecule has 1 aromatic carbocycles. The Morgan fingerprint density at radius 2 is 1.88 bits per heavy atom.